The first-order valence-corrected chi connectivity index (χ1v) is 8.29. The predicted molar refractivity (Wildman–Crippen MR) is 105 cm³/mol. The van der Waals surface area contributed by atoms with E-state index in [2.05, 4.69) is 15.7 Å². The smallest absolute Gasteiger partial charge is 0.257 e. The molecule has 0 atom stereocenters. The van der Waals surface area contributed by atoms with Crippen molar-refractivity contribution in [2.45, 2.75) is 0 Å². The maximum atomic E-state index is 12.5. The van der Waals surface area contributed by atoms with E-state index in [4.69, 9.17) is 22.3 Å². The topological polar surface area (TPSA) is 107 Å². The summed E-state index contributed by atoms with van der Waals surface area (Å²) >= 11 is 6.08. The number of benzene rings is 2. The highest BCUT2D eigenvalue weighted by Crippen LogP contribution is 2.25. The summed E-state index contributed by atoms with van der Waals surface area (Å²) in [5.74, 6) is -0.424. The van der Waals surface area contributed by atoms with Crippen LogP contribution >= 0.6 is 11.6 Å². The number of amides is 1. The molecule has 1 heterocycles. The summed E-state index contributed by atoms with van der Waals surface area (Å²) < 4.78 is 1.65. The Morgan fingerprint density at radius 2 is 2.11 bits per heavy atom. The monoisotopic (exact) mass is 378 g/mol. The molecule has 0 aliphatic heterocycles. The summed E-state index contributed by atoms with van der Waals surface area (Å²) in [6, 6.07) is 11.6. The van der Waals surface area contributed by atoms with Crippen molar-refractivity contribution in [1.29, 1.82) is 10.7 Å². The molecule has 0 saturated carbocycles. The highest BCUT2D eigenvalue weighted by molar-refractivity contribution is 6.34. The number of aryl methyl sites for hydroxylation is 1. The number of rotatable bonds is 5. The quantitative estimate of drug-likeness (QED) is 0.584. The van der Waals surface area contributed by atoms with Crippen LogP contribution < -0.4 is 10.6 Å². The van der Waals surface area contributed by atoms with Crippen LogP contribution in [0.2, 0.25) is 5.02 Å². The van der Waals surface area contributed by atoms with E-state index in [-0.39, 0.29) is 10.6 Å². The summed E-state index contributed by atoms with van der Waals surface area (Å²) in [7, 11) is 1.80. The van der Waals surface area contributed by atoms with Gasteiger partial charge in [-0.05, 0) is 36.4 Å². The van der Waals surface area contributed by atoms with Crippen molar-refractivity contribution in [2.75, 3.05) is 10.6 Å². The fraction of sp³-hybridized carbons (Fsp3) is 0.0526. The lowest BCUT2D eigenvalue weighted by Crippen LogP contribution is -2.13. The van der Waals surface area contributed by atoms with Crippen LogP contribution in [-0.2, 0) is 7.05 Å². The molecule has 0 radical (unpaired) electrons. The fourth-order valence-corrected chi connectivity index (χ4v) is 2.68. The highest BCUT2D eigenvalue weighted by atomic mass is 35.5. The van der Waals surface area contributed by atoms with E-state index in [0.29, 0.717) is 22.5 Å². The van der Waals surface area contributed by atoms with Crippen molar-refractivity contribution in [2.24, 2.45) is 7.05 Å². The van der Waals surface area contributed by atoms with Crippen LogP contribution in [-0.4, -0.2) is 21.9 Å². The first kappa shape index (κ1) is 18.2. The number of nitriles is 1. The van der Waals surface area contributed by atoms with Gasteiger partial charge in [-0.3, -0.25) is 9.48 Å². The van der Waals surface area contributed by atoms with E-state index in [1.54, 1.807) is 48.4 Å². The maximum absolute atomic E-state index is 12.5. The molecule has 0 aliphatic carbocycles. The van der Waals surface area contributed by atoms with E-state index in [0.717, 1.165) is 5.69 Å². The lowest BCUT2D eigenvalue weighted by atomic mass is 10.1. The van der Waals surface area contributed by atoms with Crippen molar-refractivity contribution < 1.29 is 4.79 Å². The van der Waals surface area contributed by atoms with Gasteiger partial charge in [-0.25, -0.2) is 0 Å². The van der Waals surface area contributed by atoms with Crippen LogP contribution in [0.3, 0.4) is 0 Å². The Hall–Kier alpha value is -3.63. The number of nitrogens with zero attached hydrogens (tertiary/aromatic N) is 3. The molecule has 3 aromatic rings. The Labute approximate surface area is 160 Å². The molecule has 0 fully saturated rings. The minimum absolute atomic E-state index is 0.216. The Morgan fingerprint density at radius 1 is 1.30 bits per heavy atom. The number of hydrogen-bond acceptors (Lipinski definition) is 5. The molecule has 7 nitrogen and oxygen atoms in total. The normalized spacial score (nSPS) is 10.1. The highest BCUT2D eigenvalue weighted by Gasteiger charge is 2.13. The van der Waals surface area contributed by atoms with E-state index in [1.807, 2.05) is 6.07 Å². The third kappa shape index (κ3) is 4.14. The van der Waals surface area contributed by atoms with Crippen molar-refractivity contribution in [3.8, 4) is 6.07 Å². The van der Waals surface area contributed by atoms with Crippen molar-refractivity contribution in [3.05, 3.63) is 70.5 Å². The molecule has 134 valence electrons. The summed E-state index contributed by atoms with van der Waals surface area (Å²) in [5.41, 5.74) is 3.15. The van der Waals surface area contributed by atoms with Crippen LogP contribution in [0.4, 0.5) is 17.1 Å². The summed E-state index contributed by atoms with van der Waals surface area (Å²) in [6.45, 7) is 0. The van der Waals surface area contributed by atoms with E-state index >= 15 is 0 Å². The standard InChI is InChI=1S/C19H15ClN6O/c1-26-11-15(10-23-26)24-18-7-14(4-3-13(18)9-22)25-19(27)16-6-12(8-21)2-5-17(16)20/h2-7,9-11,22,24H,1H3,(H,25,27). The largest absolute Gasteiger partial charge is 0.352 e. The van der Waals surface area contributed by atoms with Crippen LogP contribution in [0.5, 0.6) is 0 Å². The predicted octanol–water partition coefficient (Wildman–Crippen LogP) is 3.94. The summed E-state index contributed by atoms with van der Waals surface area (Å²) in [6.07, 6.45) is 4.68. The van der Waals surface area contributed by atoms with E-state index < -0.39 is 5.91 Å². The number of carbonyl (C=O) groups is 1. The van der Waals surface area contributed by atoms with Gasteiger partial charge < -0.3 is 16.0 Å². The Kier molecular flexibility index (Phi) is 5.20. The summed E-state index contributed by atoms with van der Waals surface area (Å²) in [4.78, 5) is 12.5. The maximum Gasteiger partial charge on any atom is 0.257 e. The van der Waals surface area contributed by atoms with Gasteiger partial charge in [-0.2, -0.15) is 10.4 Å². The van der Waals surface area contributed by atoms with Gasteiger partial charge in [0.2, 0.25) is 0 Å². The number of anilines is 3. The second kappa shape index (κ2) is 7.72. The summed E-state index contributed by atoms with van der Waals surface area (Å²) in [5, 5.41) is 26.8. The van der Waals surface area contributed by atoms with Gasteiger partial charge in [0.05, 0.1) is 34.1 Å². The molecule has 27 heavy (non-hydrogen) atoms. The number of carbonyl (C=O) groups excluding carboxylic acids is 1. The van der Waals surface area contributed by atoms with Gasteiger partial charge in [0.25, 0.3) is 5.91 Å². The second-order valence-electron chi connectivity index (χ2n) is 5.73. The third-order valence-corrected chi connectivity index (χ3v) is 4.12. The van der Waals surface area contributed by atoms with Crippen LogP contribution in [0, 0.1) is 16.7 Å². The zero-order valence-corrected chi connectivity index (χ0v) is 15.1. The molecule has 1 amide bonds. The Morgan fingerprint density at radius 3 is 2.78 bits per heavy atom. The second-order valence-corrected chi connectivity index (χ2v) is 6.14. The minimum Gasteiger partial charge on any atom is -0.352 e. The van der Waals surface area contributed by atoms with Gasteiger partial charge in [0.1, 0.15) is 0 Å². The molecule has 8 heteroatoms. The molecule has 0 unspecified atom stereocenters. The zero-order chi connectivity index (χ0) is 19.4. The van der Waals surface area contributed by atoms with Crippen LogP contribution in [0.25, 0.3) is 0 Å². The SMILES string of the molecule is Cn1cc(Nc2cc(NC(=O)c3cc(C#N)ccc3Cl)ccc2C=N)cn1. The fourth-order valence-electron chi connectivity index (χ4n) is 2.48. The molecule has 0 spiro atoms. The lowest BCUT2D eigenvalue weighted by molar-refractivity contribution is 0.102. The number of halogens is 1. The molecule has 2 aromatic carbocycles. The average molecular weight is 379 g/mol. The third-order valence-electron chi connectivity index (χ3n) is 3.79. The molecule has 0 aliphatic rings. The first-order valence-electron chi connectivity index (χ1n) is 7.91. The molecule has 0 bridgehead atoms. The molecular weight excluding hydrogens is 364 g/mol. The number of hydrogen-bond donors (Lipinski definition) is 3. The van der Waals surface area contributed by atoms with Crippen LogP contribution in [0.1, 0.15) is 21.5 Å². The lowest BCUT2D eigenvalue weighted by Gasteiger charge is -2.12. The van der Waals surface area contributed by atoms with Gasteiger partial charge >= 0.3 is 0 Å². The number of nitrogens with one attached hydrogen (secondary N) is 3. The van der Waals surface area contributed by atoms with Crippen molar-refractivity contribution >= 4 is 40.8 Å². The molecule has 3 N–H and O–H groups in total. The van der Waals surface area contributed by atoms with Crippen LogP contribution in [0.15, 0.2) is 48.8 Å². The van der Waals surface area contributed by atoms with Gasteiger partial charge in [0.15, 0.2) is 0 Å². The van der Waals surface area contributed by atoms with Gasteiger partial charge in [0, 0.05) is 36.4 Å². The molecule has 3 rings (SSSR count). The van der Waals surface area contributed by atoms with E-state index in [1.165, 1.54) is 18.3 Å². The molecule has 0 saturated heterocycles. The number of aromatic nitrogens is 2. The zero-order valence-electron chi connectivity index (χ0n) is 14.3. The molecule has 1 aromatic heterocycles. The van der Waals surface area contributed by atoms with Crippen molar-refractivity contribution in [3.63, 3.8) is 0 Å². The minimum atomic E-state index is -0.424. The van der Waals surface area contributed by atoms with E-state index in [9.17, 15) is 4.79 Å². The van der Waals surface area contributed by atoms with Gasteiger partial charge in [-0.1, -0.05) is 11.6 Å². The molecular formula is C19H15ClN6O. The Balaban J connectivity index is 1.87. The van der Waals surface area contributed by atoms with Crippen molar-refractivity contribution in [1.82, 2.24) is 9.78 Å². The van der Waals surface area contributed by atoms with Gasteiger partial charge in [-0.15, -0.1) is 0 Å². The Bertz CT molecular complexity index is 1070. The first-order chi connectivity index (χ1) is 13.0. The average Bonchev–Trinajstić information content (AvgIpc) is 3.07.